The summed E-state index contributed by atoms with van der Waals surface area (Å²) in [7, 11) is 0. The van der Waals surface area contributed by atoms with Gasteiger partial charge >= 0.3 is 0 Å². The third-order valence-electron chi connectivity index (χ3n) is 3.04. The molecular weight excluding hydrogens is 246 g/mol. The fourth-order valence-electron chi connectivity index (χ4n) is 2.16. The molecule has 0 aliphatic carbocycles. The van der Waals surface area contributed by atoms with E-state index in [9.17, 15) is 4.79 Å². The van der Waals surface area contributed by atoms with E-state index in [2.05, 4.69) is 21.7 Å². The first-order valence-corrected chi connectivity index (χ1v) is 6.74. The zero-order valence-corrected chi connectivity index (χ0v) is 10.6. The van der Waals surface area contributed by atoms with E-state index in [1.54, 1.807) is 11.7 Å². The first kappa shape index (κ1) is 11.4. The van der Waals surface area contributed by atoms with Gasteiger partial charge in [-0.25, -0.2) is 0 Å². The van der Waals surface area contributed by atoms with Crippen molar-refractivity contribution in [1.29, 1.82) is 0 Å². The largest absolute Gasteiger partial charge is 0.321 e. The van der Waals surface area contributed by atoms with E-state index in [0.29, 0.717) is 4.88 Å². The average Bonchev–Trinajstić information content (AvgIpc) is 2.93. The Morgan fingerprint density at radius 1 is 1.44 bits per heavy atom. The molecule has 1 aromatic heterocycles. The molecule has 1 aliphatic rings. The van der Waals surface area contributed by atoms with Crippen LogP contribution in [-0.2, 0) is 13.0 Å². The lowest BCUT2D eigenvalue weighted by molar-refractivity contribution is 0.103. The maximum Gasteiger partial charge on any atom is 0.267 e. The highest BCUT2D eigenvalue weighted by Gasteiger charge is 2.15. The van der Waals surface area contributed by atoms with Crippen LogP contribution in [0.25, 0.3) is 0 Å². The summed E-state index contributed by atoms with van der Waals surface area (Å²) in [6.07, 6.45) is 2.55. The van der Waals surface area contributed by atoms with Gasteiger partial charge < -0.3 is 10.6 Å². The summed E-state index contributed by atoms with van der Waals surface area (Å²) in [5, 5.41) is 6.30. The van der Waals surface area contributed by atoms with Crippen molar-refractivity contribution < 1.29 is 4.79 Å². The molecule has 18 heavy (non-hydrogen) atoms. The van der Waals surface area contributed by atoms with Gasteiger partial charge in [-0.15, -0.1) is 11.3 Å². The summed E-state index contributed by atoms with van der Waals surface area (Å²) in [5.41, 5.74) is 5.10. The van der Waals surface area contributed by atoms with Crippen molar-refractivity contribution in [2.45, 2.75) is 13.0 Å². The van der Waals surface area contributed by atoms with Crippen molar-refractivity contribution in [2.24, 2.45) is 0 Å². The van der Waals surface area contributed by atoms with E-state index in [0.717, 1.165) is 25.2 Å². The van der Waals surface area contributed by atoms with Crippen molar-refractivity contribution in [3.8, 4) is 0 Å². The van der Waals surface area contributed by atoms with Crippen LogP contribution in [0.15, 0.2) is 29.9 Å². The van der Waals surface area contributed by atoms with E-state index < -0.39 is 0 Å². The van der Waals surface area contributed by atoms with Crippen molar-refractivity contribution in [2.75, 3.05) is 11.9 Å². The van der Waals surface area contributed by atoms with Gasteiger partial charge in [-0.05, 0) is 30.2 Å². The van der Waals surface area contributed by atoms with Crippen LogP contribution in [0.2, 0.25) is 0 Å². The minimum atomic E-state index is -0.0792. The summed E-state index contributed by atoms with van der Waals surface area (Å²) in [6.45, 7) is 1.83. The van der Waals surface area contributed by atoms with Gasteiger partial charge in [0.1, 0.15) is 4.88 Å². The molecule has 0 fully saturated rings. The Kier molecular flexibility index (Phi) is 3.08. The number of benzene rings is 1. The summed E-state index contributed by atoms with van der Waals surface area (Å²) < 4.78 is 0. The van der Waals surface area contributed by atoms with Crippen LogP contribution in [0.3, 0.4) is 0 Å². The van der Waals surface area contributed by atoms with Crippen molar-refractivity contribution in [3.05, 3.63) is 45.9 Å². The molecule has 1 aromatic carbocycles. The van der Waals surface area contributed by atoms with Crippen LogP contribution in [0.4, 0.5) is 5.69 Å². The molecule has 0 saturated carbocycles. The molecule has 92 valence electrons. The Morgan fingerprint density at radius 2 is 2.39 bits per heavy atom. The third kappa shape index (κ3) is 2.14. The minimum Gasteiger partial charge on any atom is -0.321 e. The Bertz CT molecular complexity index is 566. The normalized spacial score (nSPS) is 14.0. The molecule has 2 aromatic rings. The molecule has 2 N–H and O–H groups in total. The summed E-state index contributed by atoms with van der Waals surface area (Å²) in [4.78, 5) is 16.6. The second kappa shape index (κ2) is 4.88. The maximum absolute atomic E-state index is 12.0. The number of anilines is 1. The summed E-state index contributed by atoms with van der Waals surface area (Å²) >= 11 is 1.35. The molecule has 5 heteroatoms. The number of hydrogen-bond acceptors (Lipinski definition) is 4. The van der Waals surface area contributed by atoms with E-state index in [1.165, 1.54) is 22.5 Å². The molecule has 0 bridgehead atoms. The molecule has 4 nitrogen and oxygen atoms in total. The smallest absolute Gasteiger partial charge is 0.267 e. The summed E-state index contributed by atoms with van der Waals surface area (Å²) in [5.74, 6) is -0.0792. The van der Waals surface area contributed by atoms with E-state index in [-0.39, 0.29) is 5.91 Å². The van der Waals surface area contributed by atoms with Crippen molar-refractivity contribution in [3.63, 3.8) is 0 Å². The topological polar surface area (TPSA) is 54.0 Å². The van der Waals surface area contributed by atoms with Crippen LogP contribution < -0.4 is 10.6 Å². The van der Waals surface area contributed by atoms with Gasteiger partial charge in [0.05, 0.1) is 11.7 Å². The van der Waals surface area contributed by atoms with Gasteiger partial charge in [0.15, 0.2) is 0 Å². The van der Waals surface area contributed by atoms with Gasteiger partial charge in [-0.3, -0.25) is 9.78 Å². The van der Waals surface area contributed by atoms with Crippen LogP contribution in [0.5, 0.6) is 0 Å². The number of rotatable bonds is 2. The Hall–Kier alpha value is -1.72. The number of nitrogens with zero attached hydrogens (tertiary/aromatic N) is 1. The number of hydrogen-bond donors (Lipinski definition) is 2. The zero-order valence-electron chi connectivity index (χ0n) is 9.77. The van der Waals surface area contributed by atoms with Crippen LogP contribution in [-0.4, -0.2) is 17.4 Å². The number of carbonyl (C=O) groups excluding carboxylic acids is 1. The fourth-order valence-corrected chi connectivity index (χ4v) is 2.68. The van der Waals surface area contributed by atoms with E-state index in [1.807, 2.05) is 12.1 Å². The Labute approximate surface area is 109 Å². The monoisotopic (exact) mass is 259 g/mol. The number of aromatic nitrogens is 1. The number of thiazole rings is 1. The lowest BCUT2D eigenvalue weighted by Crippen LogP contribution is -2.25. The second-order valence-corrected chi connectivity index (χ2v) is 5.08. The third-order valence-corrected chi connectivity index (χ3v) is 3.82. The standard InChI is InChI=1S/C13H13N3OS/c17-13(12-7-15-8-18-12)16-11-3-1-2-9-6-14-5-4-10(9)11/h1-3,7-8,14H,4-6H2,(H,16,17). The highest BCUT2D eigenvalue weighted by Crippen LogP contribution is 2.23. The first-order valence-electron chi connectivity index (χ1n) is 5.86. The van der Waals surface area contributed by atoms with Crippen LogP contribution in [0.1, 0.15) is 20.8 Å². The molecule has 0 unspecified atom stereocenters. The molecule has 2 heterocycles. The first-order chi connectivity index (χ1) is 8.84. The van der Waals surface area contributed by atoms with Gasteiger partial charge in [0.2, 0.25) is 0 Å². The molecular formula is C13H13N3OS. The van der Waals surface area contributed by atoms with Crippen LogP contribution >= 0.6 is 11.3 Å². The highest BCUT2D eigenvalue weighted by atomic mass is 32.1. The Morgan fingerprint density at radius 3 is 3.22 bits per heavy atom. The van der Waals surface area contributed by atoms with Crippen molar-refractivity contribution >= 4 is 22.9 Å². The molecule has 0 spiro atoms. The molecule has 0 saturated heterocycles. The SMILES string of the molecule is O=C(Nc1cccc2c1CCNC2)c1cncs1. The molecule has 3 rings (SSSR count). The quantitative estimate of drug-likeness (QED) is 0.867. The highest BCUT2D eigenvalue weighted by molar-refractivity contribution is 7.11. The van der Waals surface area contributed by atoms with E-state index >= 15 is 0 Å². The fraction of sp³-hybridized carbons (Fsp3) is 0.231. The van der Waals surface area contributed by atoms with E-state index in [4.69, 9.17) is 0 Å². The molecule has 0 atom stereocenters. The molecule has 0 radical (unpaired) electrons. The number of amides is 1. The minimum absolute atomic E-state index is 0.0792. The zero-order chi connectivity index (χ0) is 12.4. The lowest BCUT2D eigenvalue weighted by atomic mass is 9.99. The van der Waals surface area contributed by atoms with Crippen molar-refractivity contribution in [1.82, 2.24) is 10.3 Å². The maximum atomic E-state index is 12.0. The lowest BCUT2D eigenvalue weighted by Gasteiger charge is -2.20. The van der Waals surface area contributed by atoms with Crippen LogP contribution in [0, 0.1) is 0 Å². The second-order valence-electron chi connectivity index (χ2n) is 4.19. The van der Waals surface area contributed by atoms with Gasteiger partial charge in [-0.2, -0.15) is 0 Å². The van der Waals surface area contributed by atoms with Gasteiger partial charge in [-0.1, -0.05) is 12.1 Å². The Balaban J connectivity index is 1.87. The average molecular weight is 259 g/mol. The van der Waals surface area contributed by atoms with Gasteiger partial charge in [0.25, 0.3) is 5.91 Å². The molecule has 1 aliphatic heterocycles. The van der Waals surface area contributed by atoms with Gasteiger partial charge in [0, 0.05) is 12.2 Å². The predicted octanol–water partition coefficient (Wildman–Crippen LogP) is 2.04. The number of nitrogens with one attached hydrogen (secondary N) is 2. The number of fused-ring (bicyclic) bond motifs is 1. The summed E-state index contributed by atoms with van der Waals surface area (Å²) in [6, 6.07) is 6.04. The molecule has 1 amide bonds. The predicted molar refractivity (Wildman–Crippen MR) is 71.9 cm³/mol. The number of carbonyl (C=O) groups is 1.